The second-order valence-corrected chi connectivity index (χ2v) is 7.55. The van der Waals surface area contributed by atoms with Gasteiger partial charge in [0, 0.05) is 43.5 Å². The van der Waals surface area contributed by atoms with Gasteiger partial charge in [-0.3, -0.25) is 9.59 Å². The zero-order chi connectivity index (χ0) is 19.0. The number of nitrogens with one attached hydrogen (secondary N) is 1. The molecule has 1 atom stereocenters. The van der Waals surface area contributed by atoms with E-state index in [1.54, 1.807) is 21.9 Å². The lowest BCUT2D eigenvalue weighted by Gasteiger charge is -2.25. The molecule has 1 N–H and O–H groups in total. The Labute approximate surface area is 163 Å². The van der Waals surface area contributed by atoms with Crippen molar-refractivity contribution in [1.82, 2.24) is 5.32 Å². The van der Waals surface area contributed by atoms with Gasteiger partial charge in [0.2, 0.25) is 5.91 Å². The summed E-state index contributed by atoms with van der Waals surface area (Å²) >= 11 is 6.47. The van der Waals surface area contributed by atoms with E-state index in [0.29, 0.717) is 30.1 Å². The number of anilines is 2. The number of rotatable bonds is 2. The molecule has 2 aliphatic heterocycles. The number of carbonyl (C=O) groups excluding carboxylic acids is 2. The van der Waals surface area contributed by atoms with E-state index in [2.05, 4.69) is 12.2 Å². The molecule has 2 aromatic rings. The van der Waals surface area contributed by atoms with Crippen LogP contribution in [0.4, 0.5) is 11.4 Å². The molecule has 6 heteroatoms. The summed E-state index contributed by atoms with van der Waals surface area (Å²) in [5.74, 6) is -0.0196. The van der Waals surface area contributed by atoms with Crippen LogP contribution in [0.2, 0.25) is 5.02 Å². The minimum absolute atomic E-state index is 0.103. The molecule has 1 fully saturated rings. The molecule has 0 aliphatic carbocycles. The van der Waals surface area contributed by atoms with E-state index in [1.807, 2.05) is 30.3 Å². The highest BCUT2D eigenvalue weighted by Gasteiger charge is 2.27. The largest absolute Gasteiger partial charge is 0.312 e. The minimum Gasteiger partial charge on any atom is -0.312 e. The zero-order valence-corrected chi connectivity index (χ0v) is 16.0. The Kier molecular flexibility index (Phi) is 4.89. The minimum atomic E-state index is -0.123. The molecule has 4 rings (SSSR count). The lowest BCUT2D eigenvalue weighted by Crippen LogP contribution is -2.39. The predicted octanol–water partition coefficient (Wildman–Crippen LogP) is 3.61. The summed E-state index contributed by atoms with van der Waals surface area (Å²) in [5, 5.41) is 3.81. The van der Waals surface area contributed by atoms with Crippen LogP contribution < -0.4 is 15.1 Å². The van der Waals surface area contributed by atoms with Crippen molar-refractivity contribution in [3.05, 3.63) is 58.6 Å². The molecule has 0 saturated carbocycles. The number of amides is 2. The second-order valence-electron chi connectivity index (χ2n) is 7.14. The fourth-order valence-electron chi connectivity index (χ4n) is 3.75. The van der Waals surface area contributed by atoms with Crippen molar-refractivity contribution in [1.29, 1.82) is 0 Å². The third-order valence-electron chi connectivity index (χ3n) is 5.19. The van der Waals surface area contributed by atoms with Crippen LogP contribution in [-0.4, -0.2) is 30.9 Å². The summed E-state index contributed by atoms with van der Waals surface area (Å²) in [5.41, 5.74) is 3.21. The molecule has 0 spiro atoms. The molecule has 2 amide bonds. The molecule has 2 aromatic carbocycles. The van der Waals surface area contributed by atoms with Gasteiger partial charge >= 0.3 is 0 Å². The van der Waals surface area contributed by atoms with Crippen molar-refractivity contribution in [2.75, 3.05) is 22.9 Å². The van der Waals surface area contributed by atoms with E-state index in [9.17, 15) is 9.59 Å². The molecule has 1 saturated heterocycles. The maximum atomic E-state index is 13.3. The summed E-state index contributed by atoms with van der Waals surface area (Å²) in [6.07, 6.45) is 1.42. The SMILES string of the molecule is C[C@@H]1CN(C(=O)c2ccc(N3CCCC3=O)cc2Cl)c2ccccc2CN1. The lowest BCUT2D eigenvalue weighted by atomic mass is 10.1. The van der Waals surface area contributed by atoms with Crippen molar-refractivity contribution < 1.29 is 9.59 Å². The number of carbonyl (C=O) groups is 2. The standard InChI is InChI=1S/C21H22ClN3O2/c1-14-13-25(19-6-3-2-5-15(19)12-23-14)21(27)17-9-8-16(11-18(17)22)24-10-4-7-20(24)26/h2-3,5-6,8-9,11,14,23H,4,7,10,12-13H2,1H3/t14-/m1/s1. The number of hydrogen-bond donors (Lipinski definition) is 1. The molecule has 2 heterocycles. The van der Waals surface area contributed by atoms with E-state index in [-0.39, 0.29) is 17.9 Å². The Balaban J connectivity index is 1.67. The Bertz CT molecular complexity index is 899. The third-order valence-corrected chi connectivity index (χ3v) is 5.51. The highest BCUT2D eigenvalue weighted by molar-refractivity contribution is 6.35. The molecule has 0 aromatic heterocycles. The van der Waals surface area contributed by atoms with Crippen molar-refractivity contribution in [2.45, 2.75) is 32.4 Å². The molecular formula is C21H22ClN3O2. The smallest absolute Gasteiger partial charge is 0.259 e. The number of benzene rings is 2. The summed E-state index contributed by atoms with van der Waals surface area (Å²) in [4.78, 5) is 28.8. The van der Waals surface area contributed by atoms with Crippen LogP contribution in [0.5, 0.6) is 0 Å². The molecular weight excluding hydrogens is 362 g/mol. The quantitative estimate of drug-likeness (QED) is 0.862. The third kappa shape index (κ3) is 3.45. The van der Waals surface area contributed by atoms with Crippen LogP contribution in [0.15, 0.2) is 42.5 Å². The van der Waals surface area contributed by atoms with Gasteiger partial charge in [0.05, 0.1) is 10.6 Å². The maximum absolute atomic E-state index is 13.3. The molecule has 0 radical (unpaired) electrons. The second kappa shape index (κ2) is 7.33. The van der Waals surface area contributed by atoms with Crippen molar-refractivity contribution in [3.8, 4) is 0 Å². The van der Waals surface area contributed by atoms with Gasteiger partial charge in [-0.15, -0.1) is 0 Å². The van der Waals surface area contributed by atoms with Gasteiger partial charge in [0.25, 0.3) is 5.91 Å². The fraction of sp³-hybridized carbons (Fsp3) is 0.333. The van der Waals surface area contributed by atoms with Gasteiger partial charge in [-0.1, -0.05) is 29.8 Å². The van der Waals surface area contributed by atoms with E-state index >= 15 is 0 Å². The number of nitrogens with zero attached hydrogens (tertiary/aromatic N) is 2. The lowest BCUT2D eigenvalue weighted by molar-refractivity contribution is -0.117. The topological polar surface area (TPSA) is 52.7 Å². The Morgan fingerprint density at radius 2 is 2.04 bits per heavy atom. The van der Waals surface area contributed by atoms with E-state index in [0.717, 1.165) is 29.9 Å². The highest BCUT2D eigenvalue weighted by atomic mass is 35.5. The van der Waals surface area contributed by atoms with Gasteiger partial charge in [0.15, 0.2) is 0 Å². The first-order valence-corrected chi connectivity index (χ1v) is 9.65. The Morgan fingerprint density at radius 3 is 2.78 bits per heavy atom. The number of hydrogen-bond acceptors (Lipinski definition) is 3. The van der Waals surface area contributed by atoms with Crippen LogP contribution in [0.1, 0.15) is 35.7 Å². The molecule has 5 nitrogen and oxygen atoms in total. The zero-order valence-electron chi connectivity index (χ0n) is 15.2. The summed E-state index contributed by atoms with van der Waals surface area (Å²) in [6.45, 7) is 4.06. The number of halogens is 1. The molecule has 2 aliphatic rings. The number of fused-ring (bicyclic) bond motifs is 1. The van der Waals surface area contributed by atoms with Crippen molar-refractivity contribution in [3.63, 3.8) is 0 Å². The van der Waals surface area contributed by atoms with Gasteiger partial charge in [-0.25, -0.2) is 0 Å². The Morgan fingerprint density at radius 1 is 1.22 bits per heavy atom. The fourth-order valence-corrected chi connectivity index (χ4v) is 4.00. The van der Waals surface area contributed by atoms with Gasteiger partial charge in [-0.05, 0) is 43.2 Å². The highest BCUT2D eigenvalue weighted by Crippen LogP contribution is 2.30. The molecule has 0 bridgehead atoms. The van der Waals surface area contributed by atoms with Gasteiger partial charge in [-0.2, -0.15) is 0 Å². The Hall–Kier alpha value is -2.37. The van der Waals surface area contributed by atoms with E-state index < -0.39 is 0 Å². The van der Waals surface area contributed by atoms with Crippen LogP contribution in [0.25, 0.3) is 0 Å². The summed E-state index contributed by atoms with van der Waals surface area (Å²) in [6, 6.07) is 13.4. The van der Waals surface area contributed by atoms with Crippen LogP contribution in [0, 0.1) is 0 Å². The number of para-hydroxylation sites is 1. The van der Waals surface area contributed by atoms with Crippen molar-refractivity contribution >= 4 is 34.8 Å². The molecule has 140 valence electrons. The average Bonchev–Trinajstić information content (AvgIpc) is 3.02. The first-order chi connectivity index (χ1) is 13.0. The summed E-state index contributed by atoms with van der Waals surface area (Å²) in [7, 11) is 0. The van der Waals surface area contributed by atoms with E-state index in [1.165, 1.54) is 0 Å². The average molecular weight is 384 g/mol. The molecule has 27 heavy (non-hydrogen) atoms. The first kappa shape index (κ1) is 18.0. The summed E-state index contributed by atoms with van der Waals surface area (Å²) < 4.78 is 0. The normalized spacial score (nSPS) is 19.8. The first-order valence-electron chi connectivity index (χ1n) is 9.27. The van der Waals surface area contributed by atoms with Crippen LogP contribution in [0.3, 0.4) is 0 Å². The van der Waals surface area contributed by atoms with E-state index in [4.69, 9.17) is 11.6 Å². The van der Waals surface area contributed by atoms with Crippen molar-refractivity contribution in [2.24, 2.45) is 0 Å². The monoisotopic (exact) mass is 383 g/mol. The molecule has 0 unspecified atom stereocenters. The van der Waals surface area contributed by atoms with Gasteiger partial charge < -0.3 is 15.1 Å². The predicted molar refractivity (Wildman–Crippen MR) is 107 cm³/mol. The van der Waals surface area contributed by atoms with Gasteiger partial charge in [0.1, 0.15) is 0 Å². The maximum Gasteiger partial charge on any atom is 0.259 e. The van der Waals surface area contributed by atoms with Crippen LogP contribution in [-0.2, 0) is 11.3 Å². The van der Waals surface area contributed by atoms with Crippen LogP contribution >= 0.6 is 11.6 Å².